The standard InChI is InChI=1S/C13H15N3O/c1-9(17)7-10-5-6-16-12(8-10)14-13(15-16)11-3-2-4-11/h5-6,8,11H,2-4,7H2,1H3. The Morgan fingerprint density at radius 1 is 1.53 bits per heavy atom. The van der Waals surface area contributed by atoms with Crippen LogP contribution in [0.3, 0.4) is 0 Å². The van der Waals surface area contributed by atoms with Gasteiger partial charge in [0.2, 0.25) is 0 Å². The summed E-state index contributed by atoms with van der Waals surface area (Å²) < 4.78 is 1.80. The molecule has 2 aromatic rings. The van der Waals surface area contributed by atoms with E-state index in [1.165, 1.54) is 19.3 Å². The van der Waals surface area contributed by atoms with E-state index in [1.54, 1.807) is 11.4 Å². The Bertz CT molecular complexity index is 569. The highest BCUT2D eigenvalue weighted by Crippen LogP contribution is 2.34. The molecule has 0 spiro atoms. The second-order valence-corrected chi connectivity index (χ2v) is 4.81. The van der Waals surface area contributed by atoms with Gasteiger partial charge in [-0.15, -0.1) is 0 Å². The molecule has 0 unspecified atom stereocenters. The van der Waals surface area contributed by atoms with E-state index >= 15 is 0 Å². The average molecular weight is 229 g/mol. The fraction of sp³-hybridized carbons (Fsp3) is 0.462. The van der Waals surface area contributed by atoms with Crippen molar-refractivity contribution in [3.05, 3.63) is 29.7 Å². The van der Waals surface area contributed by atoms with Crippen molar-refractivity contribution in [3.63, 3.8) is 0 Å². The predicted octanol–water partition coefficient (Wildman–Crippen LogP) is 2.13. The Morgan fingerprint density at radius 2 is 2.35 bits per heavy atom. The summed E-state index contributed by atoms with van der Waals surface area (Å²) >= 11 is 0. The lowest BCUT2D eigenvalue weighted by Crippen LogP contribution is -2.10. The molecular formula is C13H15N3O. The number of carbonyl (C=O) groups is 1. The summed E-state index contributed by atoms with van der Waals surface area (Å²) in [6.45, 7) is 1.60. The molecule has 0 aliphatic heterocycles. The molecule has 1 saturated carbocycles. The van der Waals surface area contributed by atoms with Gasteiger partial charge in [0.1, 0.15) is 5.78 Å². The Hall–Kier alpha value is -1.71. The number of nitrogens with zero attached hydrogens (tertiary/aromatic N) is 3. The van der Waals surface area contributed by atoms with Crippen LogP contribution < -0.4 is 0 Å². The van der Waals surface area contributed by atoms with E-state index in [2.05, 4.69) is 10.1 Å². The van der Waals surface area contributed by atoms with Crippen molar-refractivity contribution in [1.29, 1.82) is 0 Å². The van der Waals surface area contributed by atoms with Crippen LogP contribution in [0.5, 0.6) is 0 Å². The van der Waals surface area contributed by atoms with Gasteiger partial charge in [0.25, 0.3) is 0 Å². The predicted molar refractivity (Wildman–Crippen MR) is 64.0 cm³/mol. The van der Waals surface area contributed by atoms with Gasteiger partial charge >= 0.3 is 0 Å². The number of fused-ring (bicyclic) bond motifs is 1. The van der Waals surface area contributed by atoms with Crippen LogP contribution in [0, 0.1) is 0 Å². The minimum Gasteiger partial charge on any atom is -0.300 e. The molecule has 0 radical (unpaired) electrons. The topological polar surface area (TPSA) is 47.3 Å². The van der Waals surface area contributed by atoms with E-state index in [9.17, 15) is 4.79 Å². The molecule has 0 aromatic carbocycles. The van der Waals surface area contributed by atoms with Crippen LogP contribution in [0.2, 0.25) is 0 Å². The molecule has 17 heavy (non-hydrogen) atoms. The van der Waals surface area contributed by atoms with Gasteiger partial charge in [-0.25, -0.2) is 9.50 Å². The van der Waals surface area contributed by atoms with Gasteiger partial charge in [0, 0.05) is 18.5 Å². The van der Waals surface area contributed by atoms with Crippen LogP contribution in [0.4, 0.5) is 0 Å². The van der Waals surface area contributed by atoms with Crippen molar-refractivity contribution in [2.75, 3.05) is 0 Å². The minimum absolute atomic E-state index is 0.174. The molecule has 0 atom stereocenters. The van der Waals surface area contributed by atoms with Crippen molar-refractivity contribution in [2.24, 2.45) is 0 Å². The summed E-state index contributed by atoms with van der Waals surface area (Å²) in [4.78, 5) is 15.6. The molecule has 2 heterocycles. The second-order valence-electron chi connectivity index (χ2n) is 4.81. The third-order valence-corrected chi connectivity index (χ3v) is 3.34. The molecular weight excluding hydrogens is 214 g/mol. The summed E-state index contributed by atoms with van der Waals surface area (Å²) in [5.74, 6) is 1.68. The molecule has 2 aromatic heterocycles. The Kier molecular flexibility index (Phi) is 2.42. The molecule has 1 aliphatic carbocycles. The highest BCUT2D eigenvalue weighted by Gasteiger charge is 2.23. The van der Waals surface area contributed by atoms with Crippen LogP contribution in [0.25, 0.3) is 5.65 Å². The van der Waals surface area contributed by atoms with Crippen molar-refractivity contribution in [2.45, 2.75) is 38.5 Å². The maximum Gasteiger partial charge on any atom is 0.155 e. The largest absolute Gasteiger partial charge is 0.300 e. The van der Waals surface area contributed by atoms with E-state index in [1.807, 2.05) is 18.3 Å². The summed E-state index contributed by atoms with van der Waals surface area (Å²) in [5, 5.41) is 4.48. The van der Waals surface area contributed by atoms with Gasteiger partial charge in [0.05, 0.1) is 0 Å². The fourth-order valence-electron chi connectivity index (χ4n) is 2.18. The van der Waals surface area contributed by atoms with Crippen molar-refractivity contribution < 1.29 is 4.79 Å². The maximum atomic E-state index is 11.1. The first-order chi connectivity index (χ1) is 8.22. The van der Waals surface area contributed by atoms with Crippen LogP contribution in [0.15, 0.2) is 18.3 Å². The van der Waals surface area contributed by atoms with E-state index in [0.29, 0.717) is 12.3 Å². The third kappa shape index (κ3) is 1.95. The van der Waals surface area contributed by atoms with Gasteiger partial charge < -0.3 is 0 Å². The molecule has 1 fully saturated rings. The average Bonchev–Trinajstić information content (AvgIpc) is 2.56. The van der Waals surface area contributed by atoms with E-state index in [0.717, 1.165) is 17.0 Å². The van der Waals surface area contributed by atoms with Crippen molar-refractivity contribution >= 4 is 11.4 Å². The zero-order valence-electron chi connectivity index (χ0n) is 9.89. The van der Waals surface area contributed by atoms with Crippen LogP contribution in [-0.4, -0.2) is 20.4 Å². The van der Waals surface area contributed by atoms with E-state index in [4.69, 9.17) is 0 Å². The highest BCUT2D eigenvalue weighted by atomic mass is 16.1. The molecule has 88 valence electrons. The quantitative estimate of drug-likeness (QED) is 0.810. The summed E-state index contributed by atoms with van der Waals surface area (Å²) in [6.07, 6.45) is 6.06. The number of Topliss-reactive ketones (excluding diaryl/α,β-unsaturated/α-hetero) is 1. The van der Waals surface area contributed by atoms with Gasteiger partial charge in [-0.3, -0.25) is 4.79 Å². The number of hydrogen-bond donors (Lipinski definition) is 0. The Labute approximate surface area is 99.7 Å². The molecule has 0 saturated heterocycles. The SMILES string of the molecule is CC(=O)Cc1ccn2nc(C3CCC3)nc2c1. The lowest BCUT2D eigenvalue weighted by atomic mass is 9.85. The second kappa shape index (κ2) is 3.95. The Morgan fingerprint density at radius 3 is 3.00 bits per heavy atom. The van der Waals surface area contributed by atoms with Gasteiger partial charge in [-0.1, -0.05) is 6.42 Å². The smallest absolute Gasteiger partial charge is 0.155 e. The molecule has 1 aliphatic rings. The summed E-state index contributed by atoms with van der Waals surface area (Å²) in [5.41, 5.74) is 1.86. The number of pyridine rings is 1. The summed E-state index contributed by atoms with van der Waals surface area (Å²) in [7, 11) is 0. The molecule has 0 N–H and O–H groups in total. The minimum atomic E-state index is 0.174. The maximum absolute atomic E-state index is 11.1. The van der Waals surface area contributed by atoms with Gasteiger partial charge in [0.15, 0.2) is 11.5 Å². The monoisotopic (exact) mass is 229 g/mol. The molecule has 3 rings (SSSR count). The lowest BCUT2D eigenvalue weighted by Gasteiger charge is -2.21. The number of carbonyl (C=O) groups excluding carboxylic acids is 1. The first-order valence-electron chi connectivity index (χ1n) is 6.07. The zero-order chi connectivity index (χ0) is 11.8. The van der Waals surface area contributed by atoms with Crippen molar-refractivity contribution in [3.8, 4) is 0 Å². The zero-order valence-corrected chi connectivity index (χ0v) is 9.89. The van der Waals surface area contributed by atoms with Crippen LogP contribution in [0.1, 0.15) is 43.5 Å². The molecule has 4 heteroatoms. The molecule has 0 bridgehead atoms. The Balaban J connectivity index is 1.95. The highest BCUT2D eigenvalue weighted by molar-refractivity contribution is 5.78. The van der Waals surface area contributed by atoms with Gasteiger partial charge in [-0.2, -0.15) is 5.10 Å². The van der Waals surface area contributed by atoms with Crippen LogP contribution in [-0.2, 0) is 11.2 Å². The lowest BCUT2D eigenvalue weighted by molar-refractivity contribution is -0.116. The van der Waals surface area contributed by atoms with E-state index < -0.39 is 0 Å². The summed E-state index contributed by atoms with van der Waals surface area (Å²) in [6, 6.07) is 3.89. The first kappa shape index (κ1) is 10.4. The molecule has 4 nitrogen and oxygen atoms in total. The normalized spacial score (nSPS) is 16.1. The van der Waals surface area contributed by atoms with Crippen LogP contribution >= 0.6 is 0 Å². The van der Waals surface area contributed by atoms with E-state index in [-0.39, 0.29) is 5.78 Å². The number of ketones is 1. The number of hydrogen-bond acceptors (Lipinski definition) is 3. The number of rotatable bonds is 3. The molecule has 0 amide bonds. The third-order valence-electron chi connectivity index (χ3n) is 3.34. The number of aromatic nitrogens is 3. The first-order valence-corrected chi connectivity index (χ1v) is 6.07. The van der Waals surface area contributed by atoms with Gasteiger partial charge in [-0.05, 0) is 37.5 Å². The fourth-order valence-corrected chi connectivity index (χ4v) is 2.18. The van der Waals surface area contributed by atoms with Crippen molar-refractivity contribution in [1.82, 2.24) is 14.6 Å².